The molecule has 2 nitrogen and oxygen atoms in total. The van der Waals surface area contributed by atoms with E-state index in [-0.39, 0.29) is 17.4 Å². The van der Waals surface area contributed by atoms with E-state index in [4.69, 9.17) is 0 Å². The van der Waals surface area contributed by atoms with Crippen molar-refractivity contribution in [1.82, 2.24) is 5.32 Å². The van der Waals surface area contributed by atoms with Crippen molar-refractivity contribution in [3.05, 3.63) is 71.3 Å². The third-order valence-electron chi connectivity index (χ3n) is 5.22. The Morgan fingerprint density at radius 2 is 1.61 bits per heavy atom. The molecule has 23 heavy (non-hydrogen) atoms. The maximum atomic E-state index is 13.2. The fourth-order valence-electron chi connectivity index (χ4n) is 3.87. The molecule has 0 spiro atoms. The van der Waals surface area contributed by atoms with Gasteiger partial charge in [0, 0.05) is 0 Å². The minimum Gasteiger partial charge on any atom is -0.349 e. The molecule has 1 aliphatic carbocycles. The van der Waals surface area contributed by atoms with Gasteiger partial charge in [-0.3, -0.25) is 4.79 Å². The summed E-state index contributed by atoms with van der Waals surface area (Å²) in [5, 5.41) is 3.28. The molecule has 1 aliphatic rings. The Morgan fingerprint density at radius 1 is 1.00 bits per heavy atom. The molecule has 1 atom stereocenters. The van der Waals surface area contributed by atoms with Gasteiger partial charge in [0.25, 0.3) is 0 Å². The van der Waals surface area contributed by atoms with Crippen LogP contribution in [0.3, 0.4) is 0 Å². The highest BCUT2D eigenvalue weighted by atomic mass is 16.2. The largest absolute Gasteiger partial charge is 0.349 e. The Bertz CT molecular complexity index is 671. The van der Waals surface area contributed by atoms with Gasteiger partial charge in [0.05, 0.1) is 11.5 Å². The molecule has 0 aliphatic heterocycles. The van der Waals surface area contributed by atoms with Gasteiger partial charge >= 0.3 is 0 Å². The van der Waals surface area contributed by atoms with Crippen LogP contribution < -0.4 is 5.32 Å². The Labute approximate surface area is 138 Å². The van der Waals surface area contributed by atoms with E-state index in [1.165, 1.54) is 11.1 Å². The van der Waals surface area contributed by atoms with Crippen LogP contribution in [-0.4, -0.2) is 5.91 Å². The third kappa shape index (κ3) is 3.03. The highest BCUT2D eigenvalue weighted by Gasteiger charge is 2.42. The second-order valence-corrected chi connectivity index (χ2v) is 6.71. The predicted molar refractivity (Wildman–Crippen MR) is 94.3 cm³/mol. The number of hydrogen-bond donors (Lipinski definition) is 1. The van der Waals surface area contributed by atoms with Crippen molar-refractivity contribution in [3.8, 4) is 0 Å². The lowest BCUT2D eigenvalue weighted by Gasteiger charge is -2.30. The summed E-state index contributed by atoms with van der Waals surface area (Å²) in [4.78, 5) is 13.2. The number of nitrogens with one attached hydrogen (secondary N) is 1. The van der Waals surface area contributed by atoms with Gasteiger partial charge in [0.15, 0.2) is 0 Å². The average Bonchev–Trinajstić information content (AvgIpc) is 3.07. The summed E-state index contributed by atoms with van der Waals surface area (Å²) >= 11 is 0. The monoisotopic (exact) mass is 307 g/mol. The number of rotatable bonds is 4. The maximum absolute atomic E-state index is 13.2. The lowest BCUT2D eigenvalue weighted by molar-refractivity contribution is -0.127. The Kier molecular flexibility index (Phi) is 4.51. The van der Waals surface area contributed by atoms with Gasteiger partial charge in [-0.2, -0.15) is 0 Å². The second kappa shape index (κ2) is 6.57. The molecule has 0 unspecified atom stereocenters. The van der Waals surface area contributed by atoms with Crippen molar-refractivity contribution < 1.29 is 4.79 Å². The van der Waals surface area contributed by atoms with Crippen LogP contribution in [0, 0.1) is 6.92 Å². The molecule has 3 rings (SSSR count). The second-order valence-electron chi connectivity index (χ2n) is 6.71. The van der Waals surface area contributed by atoms with E-state index in [0.717, 1.165) is 31.2 Å². The molecule has 0 saturated heterocycles. The van der Waals surface area contributed by atoms with Crippen molar-refractivity contribution in [1.29, 1.82) is 0 Å². The summed E-state index contributed by atoms with van der Waals surface area (Å²) < 4.78 is 0. The van der Waals surface area contributed by atoms with Gasteiger partial charge in [0.2, 0.25) is 5.91 Å². The SMILES string of the molecule is Cc1ccccc1[C@H](C)NC(=O)C1(c2ccccc2)CCCC1. The molecule has 120 valence electrons. The lowest BCUT2D eigenvalue weighted by atomic mass is 9.77. The van der Waals surface area contributed by atoms with Gasteiger partial charge in [0.1, 0.15) is 0 Å². The van der Waals surface area contributed by atoms with Crippen molar-refractivity contribution in [2.24, 2.45) is 0 Å². The number of hydrogen-bond acceptors (Lipinski definition) is 1. The first kappa shape index (κ1) is 15.8. The van der Waals surface area contributed by atoms with Crippen LogP contribution in [0.4, 0.5) is 0 Å². The van der Waals surface area contributed by atoms with Gasteiger partial charge in [-0.25, -0.2) is 0 Å². The van der Waals surface area contributed by atoms with Gasteiger partial charge in [-0.15, -0.1) is 0 Å². The summed E-state index contributed by atoms with van der Waals surface area (Å²) in [7, 11) is 0. The zero-order valence-electron chi connectivity index (χ0n) is 14.0. The van der Waals surface area contributed by atoms with Crippen molar-refractivity contribution in [3.63, 3.8) is 0 Å². The van der Waals surface area contributed by atoms with Crippen LogP contribution in [0.5, 0.6) is 0 Å². The summed E-state index contributed by atoms with van der Waals surface area (Å²) in [6.45, 7) is 4.18. The molecular weight excluding hydrogens is 282 g/mol. The summed E-state index contributed by atoms with van der Waals surface area (Å²) in [5.74, 6) is 0.178. The molecule has 1 N–H and O–H groups in total. The topological polar surface area (TPSA) is 29.1 Å². The van der Waals surface area contributed by atoms with Crippen LogP contribution in [0.25, 0.3) is 0 Å². The number of carbonyl (C=O) groups is 1. The number of benzene rings is 2. The molecular formula is C21H25NO. The van der Waals surface area contributed by atoms with E-state index < -0.39 is 0 Å². The zero-order valence-corrected chi connectivity index (χ0v) is 14.0. The van der Waals surface area contributed by atoms with E-state index in [9.17, 15) is 4.79 Å². The third-order valence-corrected chi connectivity index (χ3v) is 5.22. The van der Waals surface area contributed by atoms with Gasteiger partial charge in [-0.1, -0.05) is 67.4 Å². The average molecular weight is 307 g/mol. The summed E-state index contributed by atoms with van der Waals surface area (Å²) in [6.07, 6.45) is 4.15. The van der Waals surface area contributed by atoms with Crippen molar-refractivity contribution in [2.75, 3.05) is 0 Å². The highest BCUT2D eigenvalue weighted by Crippen LogP contribution is 2.41. The molecule has 2 aromatic carbocycles. The molecule has 0 bridgehead atoms. The van der Waals surface area contributed by atoms with Gasteiger partial charge < -0.3 is 5.32 Å². The quantitative estimate of drug-likeness (QED) is 0.872. The first-order valence-electron chi connectivity index (χ1n) is 8.55. The summed E-state index contributed by atoms with van der Waals surface area (Å²) in [6, 6.07) is 18.6. The van der Waals surface area contributed by atoms with E-state index in [0.29, 0.717) is 0 Å². The number of aryl methyl sites for hydroxylation is 1. The predicted octanol–water partition coefficient (Wildman–Crippen LogP) is 4.68. The molecule has 0 radical (unpaired) electrons. The first-order valence-corrected chi connectivity index (χ1v) is 8.55. The fourth-order valence-corrected chi connectivity index (χ4v) is 3.87. The molecule has 1 saturated carbocycles. The van der Waals surface area contributed by atoms with Crippen molar-refractivity contribution in [2.45, 2.75) is 51.0 Å². The molecule has 0 aromatic heterocycles. The Morgan fingerprint density at radius 3 is 2.26 bits per heavy atom. The number of carbonyl (C=O) groups excluding carboxylic acids is 1. The fraction of sp³-hybridized carbons (Fsp3) is 0.381. The number of amides is 1. The highest BCUT2D eigenvalue weighted by molar-refractivity contribution is 5.89. The first-order chi connectivity index (χ1) is 11.1. The maximum Gasteiger partial charge on any atom is 0.231 e. The van der Waals surface area contributed by atoms with Crippen LogP contribution in [0.1, 0.15) is 55.3 Å². The van der Waals surface area contributed by atoms with Crippen LogP contribution in [-0.2, 0) is 10.2 Å². The summed E-state index contributed by atoms with van der Waals surface area (Å²) in [5.41, 5.74) is 3.23. The van der Waals surface area contributed by atoms with Gasteiger partial charge in [-0.05, 0) is 43.4 Å². The minimum atomic E-state index is -0.349. The van der Waals surface area contributed by atoms with E-state index in [1.807, 2.05) is 30.3 Å². The standard InChI is InChI=1S/C21H25NO/c1-16-10-6-7-13-19(16)17(2)22-20(23)21(14-8-9-15-21)18-11-4-3-5-12-18/h3-7,10-13,17H,8-9,14-15H2,1-2H3,(H,22,23)/t17-/m0/s1. The Hall–Kier alpha value is -2.09. The molecule has 1 amide bonds. The van der Waals surface area contributed by atoms with E-state index in [1.54, 1.807) is 0 Å². The minimum absolute atomic E-state index is 0.0323. The molecule has 2 heteroatoms. The zero-order chi connectivity index (χ0) is 16.3. The van der Waals surface area contributed by atoms with Crippen LogP contribution in [0.15, 0.2) is 54.6 Å². The normalized spacial score (nSPS) is 17.7. The van der Waals surface area contributed by atoms with E-state index in [2.05, 4.69) is 43.4 Å². The smallest absolute Gasteiger partial charge is 0.231 e. The lowest BCUT2D eigenvalue weighted by Crippen LogP contribution is -2.43. The molecule has 1 fully saturated rings. The Balaban J connectivity index is 1.84. The van der Waals surface area contributed by atoms with E-state index >= 15 is 0 Å². The molecule has 0 heterocycles. The van der Waals surface area contributed by atoms with Crippen LogP contribution in [0.2, 0.25) is 0 Å². The van der Waals surface area contributed by atoms with Crippen molar-refractivity contribution >= 4 is 5.91 Å². The molecule has 2 aromatic rings. The van der Waals surface area contributed by atoms with Crippen LogP contribution >= 0.6 is 0 Å².